The Morgan fingerprint density at radius 2 is 1.63 bits per heavy atom. The number of nitrogens with zero attached hydrogens (tertiary/aromatic N) is 3. The molecule has 1 N–H and O–H groups in total. The molecule has 0 aromatic carbocycles. The van der Waals surface area contributed by atoms with Gasteiger partial charge < -0.3 is 14.7 Å². The second kappa shape index (κ2) is 11.6. The van der Waals surface area contributed by atoms with Gasteiger partial charge in [-0.15, -0.1) is 0 Å². The molecule has 0 radical (unpaired) electrons. The Kier molecular flexibility index (Phi) is 8.56. The fraction of sp³-hybridized carbons (Fsp3) is 0.800. The van der Waals surface area contributed by atoms with E-state index in [2.05, 4.69) is 26.9 Å². The molecule has 5 heteroatoms. The third-order valence-electron chi connectivity index (χ3n) is 7.60. The number of aliphatic hydroxyl groups is 1. The Morgan fingerprint density at radius 3 is 2.33 bits per heavy atom. The van der Waals surface area contributed by atoms with Crippen LogP contribution in [0.3, 0.4) is 0 Å². The zero-order chi connectivity index (χ0) is 20.6. The van der Waals surface area contributed by atoms with Crippen molar-refractivity contribution in [3.63, 3.8) is 0 Å². The quantitative estimate of drug-likeness (QED) is 0.652. The van der Waals surface area contributed by atoms with Crippen LogP contribution in [0.2, 0.25) is 0 Å². The number of ether oxygens (including phenoxy) is 1. The molecular weight excluding hydrogens is 374 g/mol. The highest BCUT2D eigenvalue weighted by molar-refractivity contribution is 5.03. The lowest BCUT2D eigenvalue weighted by Crippen LogP contribution is -2.41. The summed E-state index contributed by atoms with van der Waals surface area (Å²) in [5.74, 6) is 1.81. The third-order valence-corrected chi connectivity index (χ3v) is 7.60. The van der Waals surface area contributed by atoms with Crippen molar-refractivity contribution in [2.45, 2.75) is 70.6 Å². The van der Waals surface area contributed by atoms with Crippen LogP contribution in [-0.2, 0) is 11.3 Å². The molecule has 1 aromatic heterocycles. The van der Waals surface area contributed by atoms with Gasteiger partial charge in [-0.2, -0.15) is 0 Å². The number of aromatic nitrogens is 1. The van der Waals surface area contributed by atoms with Crippen molar-refractivity contribution in [3.8, 4) is 0 Å². The predicted octanol–water partition coefficient (Wildman–Crippen LogP) is 3.92. The molecule has 1 atom stereocenters. The van der Waals surface area contributed by atoms with Gasteiger partial charge in [0, 0.05) is 25.2 Å². The highest BCUT2D eigenvalue weighted by Gasteiger charge is 2.28. The van der Waals surface area contributed by atoms with Gasteiger partial charge in [-0.3, -0.25) is 9.88 Å². The number of piperidine rings is 2. The van der Waals surface area contributed by atoms with Crippen LogP contribution in [-0.4, -0.2) is 65.5 Å². The molecule has 1 saturated carbocycles. The lowest BCUT2D eigenvalue weighted by atomic mass is 9.88. The number of hydrogen-bond acceptors (Lipinski definition) is 5. The SMILES string of the molecule is OC(OCC1CCN(Cc2ccccn2)CC1)C1CCN(CC2CCCCC2)CC1. The van der Waals surface area contributed by atoms with Gasteiger partial charge in [0.05, 0.1) is 12.3 Å². The topological polar surface area (TPSA) is 48.8 Å². The molecule has 30 heavy (non-hydrogen) atoms. The van der Waals surface area contributed by atoms with Crippen molar-refractivity contribution >= 4 is 0 Å². The summed E-state index contributed by atoms with van der Waals surface area (Å²) in [7, 11) is 0. The normalized spacial score (nSPS) is 24.8. The lowest BCUT2D eigenvalue weighted by Gasteiger charge is -2.37. The van der Waals surface area contributed by atoms with Crippen LogP contribution in [0.1, 0.15) is 63.5 Å². The van der Waals surface area contributed by atoms with Crippen molar-refractivity contribution in [2.24, 2.45) is 17.8 Å². The average Bonchev–Trinajstić information content (AvgIpc) is 2.80. The van der Waals surface area contributed by atoms with E-state index in [1.54, 1.807) is 0 Å². The Hall–Kier alpha value is -1.01. The van der Waals surface area contributed by atoms with Gasteiger partial charge in [-0.05, 0) is 88.7 Å². The summed E-state index contributed by atoms with van der Waals surface area (Å²) >= 11 is 0. The maximum absolute atomic E-state index is 10.6. The summed E-state index contributed by atoms with van der Waals surface area (Å²) in [6.45, 7) is 7.39. The number of likely N-dealkylation sites (tertiary alicyclic amines) is 2. The van der Waals surface area contributed by atoms with E-state index in [9.17, 15) is 5.11 Å². The molecule has 168 valence electrons. The van der Waals surface area contributed by atoms with Crippen molar-refractivity contribution < 1.29 is 9.84 Å². The summed E-state index contributed by atoms with van der Waals surface area (Å²) in [6, 6.07) is 6.13. The minimum atomic E-state index is -0.576. The van der Waals surface area contributed by atoms with Gasteiger partial charge in [-0.25, -0.2) is 0 Å². The smallest absolute Gasteiger partial charge is 0.157 e. The van der Waals surface area contributed by atoms with Gasteiger partial charge >= 0.3 is 0 Å². The molecule has 0 spiro atoms. The maximum atomic E-state index is 10.6. The van der Waals surface area contributed by atoms with Crippen molar-refractivity contribution in [1.29, 1.82) is 0 Å². The fourth-order valence-corrected chi connectivity index (χ4v) is 5.56. The van der Waals surface area contributed by atoms with E-state index >= 15 is 0 Å². The minimum Gasteiger partial charge on any atom is -0.368 e. The molecular formula is C25H41N3O2. The standard InChI is InChI=1S/C25H41N3O2/c29-25(23-11-16-27(17-12-23)18-21-6-2-1-3-7-21)30-20-22-9-14-28(15-10-22)19-24-8-4-5-13-26-24/h4-5,8,13,21-23,25,29H,1-3,6-7,9-12,14-20H2. The first-order chi connectivity index (χ1) is 14.8. The van der Waals surface area contributed by atoms with Crippen molar-refractivity contribution in [2.75, 3.05) is 39.3 Å². The number of rotatable bonds is 8. The monoisotopic (exact) mass is 415 g/mol. The zero-order valence-electron chi connectivity index (χ0n) is 18.6. The number of pyridine rings is 1. The number of hydrogen-bond donors (Lipinski definition) is 1. The van der Waals surface area contributed by atoms with E-state index in [-0.39, 0.29) is 0 Å². The molecule has 2 aliphatic heterocycles. The maximum Gasteiger partial charge on any atom is 0.157 e. The molecule has 1 aromatic rings. The first kappa shape index (κ1) is 22.2. The highest BCUT2D eigenvalue weighted by atomic mass is 16.6. The first-order valence-corrected chi connectivity index (χ1v) is 12.4. The molecule has 2 saturated heterocycles. The van der Waals surface area contributed by atoms with Gasteiger partial charge in [-0.1, -0.05) is 25.3 Å². The predicted molar refractivity (Wildman–Crippen MR) is 120 cm³/mol. The van der Waals surface area contributed by atoms with E-state index in [1.807, 2.05) is 12.3 Å². The second-order valence-corrected chi connectivity index (χ2v) is 9.91. The number of aliphatic hydroxyl groups excluding tert-OH is 1. The molecule has 4 rings (SSSR count). The van der Waals surface area contributed by atoms with Crippen molar-refractivity contribution in [3.05, 3.63) is 30.1 Å². The molecule has 5 nitrogen and oxygen atoms in total. The average molecular weight is 416 g/mol. The minimum absolute atomic E-state index is 0.317. The first-order valence-electron chi connectivity index (χ1n) is 12.4. The lowest BCUT2D eigenvalue weighted by molar-refractivity contribution is -0.154. The van der Waals surface area contributed by atoms with Gasteiger partial charge in [0.2, 0.25) is 0 Å². The molecule has 1 aliphatic carbocycles. The van der Waals surface area contributed by atoms with Crippen LogP contribution >= 0.6 is 0 Å². The van der Waals surface area contributed by atoms with Crippen molar-refractivity contribution in [1.82, 2.24) is 14.8 Å². The van der Waals surface area contributed by atoms with E-state index in [0.29, 0.717) is 18.4 Å². The summed E-state index contributed by atoms with van der Waals surface area (Å²) in [4.78, 5) is 9.56. The Morgan fingerprint density at radius 1 is 0.900 bits per heavy atom. The Labute approximate surface area is 182 Å². The van der Waals surface area contributed by atoms with E-state index in [0.717, 1.165) is 70.0 Å². The van der Waals surface area contributed by atoms with E-state index < -0.39 is 6.29 Å². The molecule has 1 unspecified atom stereocenters. The van der Waals surface area contributed by atoms with Crippen LogP contribution in [0.5, 0.6) is 0 Å². The van der Waals surface area contributed by atoms with Crippen LogP contribution in [0.25, 0.3) is 0 Å². The molecule has 3 aliphatic rings. The summed E-state index contributed by atoms with van der Waals surface area (Å²) in [5, 5.41) is 10.6. The van der Waals surface area contributed by atoms with Gasteiger partial charge in [0.25, 0.3) is 0 Å². The van der Waals surface area contributed by atoms with E-state index in [4.69, 9.17) is 4.74 Å². The molecule has 3 fully saturated rings. The van der Waals surface area contributed by atoms with Crippen LogP contribution in [0.4, 0.5) is 0 Å². The Balaban J connectivity index is 1.09. The van der Waals surface area contributed by atoms with Crippen LogP contribution in [0.15, 0.2) is 24.4 Å². The zero-order valence-corrected chi connectivity index (χ0v) is 18.6. The summed E-state index contributed by atoms with van der Waals surface area (Å²) in [6.07, 6.45) is 12.9. The molecule has 0 bridgehead atoms. The largest absolute Gasteiger partial charge is 0.368 e. The van der Waals surface area contributed by atoms with E-state index in [1.165, 1.54) is 38.6 Å². The van der Waals surface area contributed by atoms with Crippen LogP contribution < -0.4 is 0 Å². The Bertz CT molecular complexity index is 592. The molecule has 3 heterocycles. The highest BCUT2D eigenvalue weighted by Crippen LogP contribution is 2.28. The van der Waals surface area contributed by atoms with Crippen LogP contribution in [0, 0.1) is 17.8 Å². The third kappa shape index (κ3) is 6.74. The second-order valence-electron chi connectivity index (χ2n) is 9.91. The summed E-state index contributed by atoms with van der Waals surface area (Å²) < 4.78 is 5.97. The summed E-state index contributed by atoms with van der Waals surface area (Å²) in [5.41, 5.74) is 1.15. The van der Waals surface area contributed by atoms with Gasteiger partial charge in [0.1, 0.15) is 0 Å². The fourth-order valence-electron chi connectivity index (χ4n) is 5.56. The molecule has 0 amide bonds. The van der Waals surface area contributed by atoms with Gasteiger partial charge in [0.15, 0.2) is 6.29 Å².